The van der Waals surface area contributed by atoms with E-state index in [1.165, 1.54) is 0 Å². The van der Waals surface area contributed by atoms with E-state index in [0.29, 0.717) is 12.1 Å². The van der Waals surface area contributed by atoms with Crippen LogP contribution in [-0.2, 0) is 7.05 Å². The van der Waals surface area contributed by atoms with Crippen LogP contribution in [0.15, 0.2) is 0 Å². The molecule has 1 heterocycles. The Bertz CT molecular complexity index is 501. The van der Waals surface area contributed by atoms with Gasteiger partial charge in [-0.1, -0.05) is 6.92 Å². The van der Waals surface area contributed by atoms with Crippen LogP contribution in [0.4, 0.5) is 0 Å². The van der Waals surface area contributed by atoms with Gasteiger partial charge in [-0.25, -0.2) is 0 Å². The molecule has 0 spiro atoms. The van der Waals surface area contributed by atoms with Crippen molar-refractivity contribution in [3.63, 3.8) is 0 Å². The number of carbonyl (C=O) groups is 1. The van der Waals surface area contributed by atoms with Gasteiger partial charge in [-0.05, 0) is 46.0 Å². The normalized spacial score (nSPS) is 22.3. The van der Waals surface area contributed by atoms with Gasteiger partial charge >= 0.3 is 0 Å². The molecule has 2 rings (SSSR count). The Hall–Kier alpha value is -1.36. The number of aryl methyl sites for hydroxylation is 2. The first-order chi connectivity index (χ1) is 9.95. The molecule has 1 amide bonds. The summed E-state index contributed by atoms with van der Waals surface area (Å²) in [4.78, 5) is 15.1. The summed E-state index contributed by atoms with van der Waals surface area (Å²) in [5, 5.41) is 4.38. The van der Waals surface area contributed by atoms with Gasteiger partial charge < -0.3 is 10.6 Å². The van der Waals surface area contributed by atoms with Gasteiger partial charge in [-0.15, -0.1) is 0 Å². The monoisotopic (exact) mass is 292 g/mol. The van der Waals surface area contributed by atoms with Crippen molar-refractivity contribution in [1.82, 2.24) is 14.7 Å². The number of nitrogens with two attached hydrogens (primary N) is 1. The Morgan fingerprint density at radius 1 is 1.33 bits per heavy atom. The molecule has 0 bridgehead atoms. The highest BCUT2D eigenvalue weighted by Gasteiger charge is 2.30. The van der Waals surface area contributed by atoms with E-state index in [-0.39, 0.29) is 5.91 Å². The zero-order chi connectivity index (χ0) is 15.6. The number of amides is 1. The first kappa shape index (κ1) is 16.0. The van der Waals surface area contributed by atoms with Gasteiger partial charge in [0.15, 0.2) is 0 Å². The van der Waals surface area contributed by atoms with Crippen LogP contribution in [0.25, 0.3) is 0 Å². The maximum atomic E-state index is 13.0. The molecule has 0 aromatic carbocycles. The van der Waals surface area contributed by atoms with Gasteiger partial charge in [-0.3, -0.25) is 9.48 Å². The van der Waals surface area contributed by atoms with Crippen LogP contribution in [0.2, 0.25) is 0 Å². The van der Waals surface area contributed by atoms with Crippen molar-refractivity contribution in [1.29, 1.82) is 0 Å². The van der Waals surface area contributed by atoms with Crippen molar-refractivity contribution in [3.8, 4) is 0 Å². The van der Waals surface area contributed by atoms with E-state index in [9.17, 15) is 4.79 Å². The molecule has 21 heavy (non-hydrogen) atoms. The molecule has 1 aliphatic rings. The molecule has 1 aromatic rings. The first-order valence-electron chi connectivity index (χ1n) is 8.02. The SMILES string of the molecule is CCCN(C(=O)c1c(C)nn(C)c1C)C1CCC(N)CC1. The number of hydrogen-bond donors (Lipinski definition) is 1. The van der Waals surface area contributed by atoms with E-state index in [0.717, 1.165) is 55.6 Å². The third kappa shape index (κ3) is 3.28. The maximum absolute atomic E-state index is 13.0. The third-order valence-corrected chi connectivity index (χ3v) is 4.63. The average molecular weight is 292 g/mol. The van der Waals surface area contributed by atoms with Crippen LogP contribution in [0.1, 0.15) is 60.8 Å². The predicted molar refractivity (Wildman–Crippen MR) is 84.2 cm³/mol. The van der Waals surface area contributed by atoms with Gasteiger partial charge in [0.1, 0.15) is 0 Å². The van der Waals surface area contributed by atoms with Crippen molar-refractivity contribution < 1.29 is 4.79 Å². The summed E-state index contributed by atoms with van der Waals surface area (Å²) < 4.78 is 1.80. The van der Waals surface area contributed by atoms with Crippen LogP contribution in [0.3, 0.4) is 0 Å². The fourth-order valence-corrected chi connectivity index (χ4v) is 3.33. The molecule has 0 aliphatic heterocycles. The van der Waals surface area contributed by atoms with E-state index in [1.54, 1.807) is 4.68 Å². The van der Waals surface area contributed by atoms with Crippen molar-refractivity contribution in [2.45, 2.75) is 65.0 Å². The number of aromatic nitrogens is 2. The molecular formula is C16H28N4O. The van der Waals surface area contributed by atoms with Gasteiger partial charge in [0.05, 0.1) is 11.3 Å². The summed E-state index contributed by atoms with van der Waals surface area (Å²) in [6, 6.07) is 0.637. The minimum Gasteiger partial charge on any atom is -0.336 e. The Balaban J connectivity index is 2.23. The summed E-state index contributed by atoms with van der Waals surface area (Å²) in [6.07, 6.45) is 5.05. The lowest BCUT2D eigenvalue weighted by Crippen LogP contribution is -2.45. The number of carbonyl (C=O) groups excluding carboxylic acids is 1. The van der Waals surface area contributed by atoms with Crippen molar-refractivity contribution in [2.75, 3.05) is 6.54 Å². The molecule has 0 radical (unpaired) electrons. The maximum Gasteiger partial charge on any atom is 0.257 e. The predicted octanol–water partition coefficient (Wildman–Crippen LogP) is 2.16. The fourth-order valence-electron chi connectivity index (χ4n) is 3.33. The zero-order valence-electron chi connectivity index (χ0n) is 13.7. The zero-order valence-corrected chi connectivity index (χ0v) is 13.7. The van der Waals surface area contributed by atoms with Crippen LogP contribution >= 0.6 is 0 Å². The summed E-state index contributed by atoms with van der Waals surface area (Å²) in [7, 11) is 1.89. The fraction of sp³-hybridized carbons (Fsp3) is 0.750. The summed E-state index contributed by atoms with van der Waals surface area (Å²) >= 11 is 0. The second-order valence-corrected chi connectivity index (χ2v) is 6.24. The Morgan fingerprint density at radius 2 is 1.95 bits per heavy atom. The van der Waals surface area contributed by atoms with Crippen LogP contribution in [0, 0.1) is 13.8 Å². The van der Waals surface area contributed by atoms with Gasteiger partial charge in [-0.2, -0.15) is 5.10 Å². The minimum atomic E-state index is 0.139. The van der Waals surface area contributed by atoms with Crippen LogP contribution in [0.5, 0.6) is 0 Å². The second kappa shape index (κ2) is 6.60. The van der Waals surface area contributed by atoms with Crippen molar-refractivity contribution >= 4 is 5.91 Å². The number of hydrogen-bond acceptors (Lipinski definition) is 3. The molecule has 1 fully saturated rings. The molecule has 5 nitrogen and oxygen atoms in total. The smallest absolute Gasteiger partial charge is 0.257 e. The molecule has 0 saturated heterocycles. The number of nitrogens with zero attached hydrogens (tertiary/aromatic N) is 3. The molecule has 5 heteroatoms. The first-order valence-corrected chi connectivity index (χ1v) is 8.02. The molecule has 1 aromatic heterocycles. The lowest BCUT2D eigenvalue weighted by Gasteiger charge is -2.36. The molecule has 1 aliphatic carbocycles. The van der Waals surface area contributed by atoms with Gasteiger partial charge in [0, 0.05) is 31.4 Å². The quantitative estimate of drug-likeness (QED) is 0.925. The Labute approximate surface area is 127 Å². The highest BCUT2D eigenvalue weighted by Crippen LogP contribution is 2.25. The van der Waals surface area contributed by atoms with Crippen LogP contribution in [-0.4, -0.2) is 39.2 Å². The van der Waals surface area contributed by atoms with E-state index in [4.69, 9.17) is 5.73 Å². The van der Waals surface area contributed by atoms with Crippen LogP contribution < -0.4 is 5.73 Å². The summed E-state index contributed by atoms with van der Waals surface area (Å²) in [5.41, 5.74) is 8.55. The molecule has 0 atom stereocenters. The minimum absolute atomic E-state index is 0.139. The standard InChI is InChI=1S/C16H28N4O/c1-5-10-20(14-8-6-13(17)7-9-14)16(21)15-11(2)18-19(4)12(15)3/h13-14H,5-10,17H2,1-4H3. The lowest BCUT2D eigenvalue weighted by atomic mass is 9.90. The molecule has 1 saturated carbocycles. The molecular weight excluding hydrogens is 264 g/mol. The molecule has 2 N–H and O–H groups in total. The number of rotatable bonds is 4. The summed E-state index contributed by atoms with van der Waals surface area (Å²) in [6.45, 7) is 6.82. The van der Waals surface area contributed by atoms with E-state index >= 15 is 0 Å². The van der Waals surface area contributed by atoms with E-state index in [2.05, 4.69) is 16.9 Å². The lowest BCUT2D eigenvalue weighted by molar-refractivity contribution is 0.0625. The van der Waals surface area contributed by atoms with E-state index < -0.39 is 0 Å². The topological polar surface area (TPSA) is 64.2 Å². The average Bonchev–Trinajstić information content (AvgIpc) is 2.70. The molecule has 0 unspecified atom stereocenters. The largest absolute Gasteiger partial charge is 0.336 e. The highest BCUT2D eigenvalue weighted by molar-refractivity contribution is 5.96. The molecule has 118 valence electrons. The third-order valence-electron chi connectivity index (χ3n) is 4.63. The van der Waals surface area contributed by atoms with E-state index in [1.807, 2.05) is 20.9 Å². The summed E-state index contributed by atoms with van der Waals surface area (Å²) in [5.74, 6) is 0.139. The second-order valence-electron chi connectivity index (χ2n) is 6.24. The van der Waals surface area contributed by atoms with Crippen molar-refractivity contribution in [2.24, 2.45) is 12.8 Å². The Morgan fingerprint density at radius 3 is 2.43 bits per heavy atom. The van der Waals surface area contributed by atoms with Gasteiger partial charge in [0.25, 0.3) is 5.91 Å². The Kier molecular flexibility index (Phi) is 5.04. The highest BCUT2D eigenvalue weighted by atomic mass is 16.2. The van der Waals surface area contributed by atoms with Crippen molar-refractivity contribution in [3.05, 3.63) is 17.0 Å². The van der Waals surface area contributed by atoms with Gasteiger partial charge in [0.2, 0.25) is 0 Å².